The van der Waals surface area contributed by atoms with E-state index in [2.05, 4.69) is 23.5 Å². The number of piperidine rings is 1. The first-order valence-corrected chi connectivity index (χ1v) is 17.9. The number of dihydropyridines is 1. The Kier molecular flexibility index (Phi) is 12.7. The van der Waals surface area contributed by atoms with Crippen molar-refractivity contribution in [1.82, 2.24) is 15.2 Å². The zero-order chi connectivity index (χ0) is 38.2. The molecule has 3 aliphatic rings. The topological polar surface area (TPSA) is 150 Å². The Morgan fingerprint density at radius 3 is 2.25 bits per heavy atom. The average molecular weight is 743 g/mol. The molecule has 0 saturated carbocycles. The lowest BCUT2D eigenvalue weighted by atomic mass is 9.80. The number of rotatable bonds is 6. The van der Waals surface area contributed by atoms with Gasteiger partial charge in [-0.1, -0.05) is 41.4 Å². The third-order valence-corrected chi connectivity index (χ3v) is 9.69. The molecule has 0 radical (unpaired) electrons. The number of fused-ring (bicyclic) bond motifs is 2. The van der Waals surface area contributed by atoms with Crippen molar-refractivity contribution in [2.24, 2.45) is 0 Å². The molecule has 6 rings (SSSR count). The highest BCUT2D eigenvalue weighted by molar-refractivity contribution is 6.30. The molecule has 1 unspecified atom stereocenters. The Hall–Kier alpha value is -5.49. The largest absolute Gasteiger partial charge is 0.466 e. The lowest BCUT2D eigenvalue weighted by Gasteiger charge is -2.30. The van der Waals surface area contributed by atoms with Crippen molar-refractivity contribution in [2.45, 2.75) is 59.3 Å². The lowest BCUT2D eigenvalue weighted by Crippen LogP contribution is -2.37. The van der Waals surface area contributed by atoms with E-state index in [0.717, 1.165) is 36.4 Å². The van der Waals surface area contributed by atoms with Gasteiger partial charge in [-0.2, -0.15) is 0 Å². The van der Waals surface area contributed by atoms with E-state index in [0.29, 0.717) is 36.7 Å². The van der Waals surface area contributed by atoms with Crippen LogP contribution in [-0.4, -0.2) is 66.3 Å². The molecule has 1 amide bonds. The smallest absolute Gasteiger partial charge is 0.409 e. The highest BCUT2D eigenvalue weighted by Gasteiger charge is 2.38. The summed E-state index contributed by atoms with van der Waals surface area (Å²) in [7, 11) is 1.24. The third-order valence-electron chi connectivity index (χ3n) is 9.45. The van der Waals surface area contributed by atoms with Gasteiger partial charge in [0, 0.05) is 53.4 Å². The number of carbonyl (C=O) groups is 3. The first-order valence-electron chi connectivity index (χ1n) is 17.5. The maximum atomic E-state index is 12.5. The number of esters is 2. The number of carbonyl (C=O) groups excluding carboxylic acids is 3. The molecule has 2 aliphatic heterocycles. The number of nitro benzene ring substituents is 1. The molecule has 1 aromatic heterocycles. The number of hydrogen-bond acceptors (Lipinski definition) is 10. The molecule has 0 spiro atoms. The quantitative estimate of drug-likeness (QED) is 0.117. The van der Waals surface area contributed by atoms with Gasteiger partial charge in [-0.3, -0.25) is 15.1 Å². The van der Waals surface area contributed by atoms with Crippen LogP contribution in [0, 0.1) is 10.1 Å². The second-order valence-corrected chi connectivity index (χ2v) is 13.1. The number of methoxy groups -OCH3 is 1. The van der Waals surface area contributed by atoms with E-state index < -0.39 is 22.8 Å². The number of aryl methyl sites for hydroxylation is 2. The molecule has 1 aliphatic carbocycles. The van der Waals surface area contributed by atoms with E-state index in [-0.39, 0.29) is 29.5 Å². The number of nitro groups is 1. The van der Waals surface area contributed by atoms with Crippen LogP contribution in [0.15, 0.2) is 88.9 Å². The second-order valence-electron chi connectivity index (χ2n) is 12.7. The Morgan fingerprint density at radius 1 is 0.906 bits per heavy atom. The average Bonchev–Trinajstić information content (AvgIpc) is 3.31. The van der Waals surface area contributed by atoms with Crippen molar-refractivity contribution in [3.8, 4) is 0 Å². The van der Waals surface area contributed by atoms with Crippen molar-refractivity contribution < 1.29 is 33.5 Å². The summed E-state index contributed by atoms with van der Waals surface area (Å²) in [6, 6.07) is 16.2. The molecule has 1 N–H and O–H groups in total. The van der Waals surface area contributed by atoms with Crippen LogP contribution in [-0.2, 0) is 36.6 Å². The van der Waals surface area contributed by atoms with Crippen molar-refractivity contribution in [3.05, 3.63) is 132 Å². The molecule has 1 saturated heterocycles. The van der Waals surface area contributed by atoms with E-state index in [9.17, 15) is 24.5 Å². The Bertz CT molecular complexity index is 2010. The van der Waals surface area contributed by atoms with Gasteiger partial charge in [-0.15, -0.1) is 0 Å². The zero-order valence-corrected chi connectivity index (χ0v) is 31.2. The molecule has 3 aromatic rings. The number of non-ortho nitro benzene ring substituents is 1. The minimum atomic E-state index is -0.831. The summed E-state index contributed by atoms with van der Waals surface area (Å²) in [5.74, 6) is -2.05. The van der Waals surface area contributed by atoms with Crippen LogP contribution in [0.3, 0.4) is 0 Å². The summed E-state index contributed by atoms with van der Waals surface area (Å²) in [6.07, 6.45) is 5.25. The monoisotopic (exact) mass is 742 g/mol. The maximum absolute atomic E-state index is 12.5. The molecule has 278 valence electrons. The minimum Gasteiger partial charge on any atom is -0.466 e. The van der Waals surface area contributed by atoms with Crippen LogP contribution in [0.4, 0.5) is 10.5 Å². The Morgan fingerprint density at radius 2 is 1.58 bits per heavy atom. The fraction of sp³-hybridized carbons (Fsp3) is 0.350. The van der Waals surface area contributed by atoms with Gasteiger partial charge in [0.05, 0.1) is 48.0 Å². The van der Waals surface area contributed by atoms with Gasteiger partial charge in [-0.25, -0.2) is 14.4 Å². The molecule has 0 bridgehead atoms. The lowest BCUT2D eigenvalue weighted by molar-refractivity contribution is -0.384. The van der Waals surface area contributed by atoms with Crippen molar-refractivity contribution in [2.75, 3.05) is 33.4 Å². The zero-order valence-electron chi connectivity index (χ0n) is 30.5. The molecular formula is C40H43ClN4O8. The number of halogens is 1. The summed E-state index contributed by atoms with van der Waals surface area (Å²) in [6.45, 7) is 8.82. The Balaban J connectivity index is 0.000000205. The normalized spacial score (nSPS) is 16.6. The third kappa shape index (κ3) is 8.60. The van der Waals surface area contributed by atoms with Crippen LogP contribution in [0.1, 0.15) is 74.4 Å². The van der Waals surface area contributed by atoms with E-state index in [1.165, 1.54) is 53.1 Å². The number of benzene rings is 2. The van der Waals surface area contributed by atoms with Gasteiger partial charge < -0.3 is 24.4 Å². The highest BCUT2D eigenvalue weighted by atomic mass is 35.5. The molecule has 1 atom stereocenters. The summed E-state index contributed by atoms with van der Waals surface area (Å²) in [4.78, 5) is 54.1. The number of amides is 1. The van der Waals surface area contributed by atoms with Crippen molar-refractivity contribution in [3.63, 3.8) is 0 Å². The number of pyridine rings is 1. The van der Waals surface area contributed by atoms with Crippen LogP contribution in [0.5, 0.6) is 0 Å². The highest BCUT2D eigenvalue weighted by Crippen LogP contribution is 2.41. The standard InChI is InChI=1S/C22H23ClN2O2.C18H20N2O6/c1-2-27-22(26)25-12-9-15(10-13-25)20-19-8-7-18(23)14-17(19)6-5-16-4-3-11-24-21(16)20;1-5-26-18(22)15-11(3)19-10(2)14(17(21)25-4)16(15)12-7-6-8-13(9-12)20(23)24/h3-4,7-8,11,14H,2,5-6,9-10,12-13H2,1H3;6-9,16,19H,5H2,1-4H3. The fourth-order valence-corrected chi connectivity index (χ4v) is 7.26. The first kappa shape index (κ1) is 38.7. The SMILES string of the molecule is CCOC(=O)C1=C(C)NC(C)=C(C(=O)OC)C1c1cccc([N+](=O)[O-])c1.CCOC(=O)N1CCC(=C2c3ccc(Cl)cc3CCc3cccnc32)CC1. The van der Waals surface area contributed by atoms with E-state index >= 15 is 0 Å². The van der Waals surface area contributed by atoms with Crippen LogP contribution in [0.2, 0.25) is 5.02 Å². The number of nitrogens with zero attached hydrogens (tertiary/aromatic N) is 3. The number of ether oxygens (including phenoxy) is 3. The molecule has 3 heterocycles. The predicted molar refractivity (Wildman–Crippen MR) is 200 cm³/mol. The maximum Gasteiger partial charge on any atom is 0.409 e. The molecular weight excluding hydrogens is 700 g/mol. The van der Waals surface area contributed by atoms with Crippen LogP contribution in [0.25, 0.3) is 5.57 Å². The predicted octanol–water partition coefficient (Wildman–Crippen LogP) is 7.45. The molecule has 53 heavy (non-hydrogen) atoms. The van der Waals surface area contributed by atoms with Gasteiger partial charge in [0.25, 0.3) is 5.69 Å². The first-order chi connectivity index (χ1) is 25.5. The van der Waals surface area contributed by atoms with E-state index in [1.54, 1.807) is 31.7 Å². The van der Waals surface area contributed by atoms with Crippen molar-refractivity contribution in [1.29, 1.82) is 0 Å². The number of aromatic nitrogens is 1. The summed E-state index contributed by atoms with van der Waals surface area (Å²) < 4.78 is 15.2. The summed E-state index contributed by atoms with van der Waals surface area (Å²) >= 11 is 6.27. The van der Waals surface area contributed by atoms with Crippen LogP contribution >= 0.6 is 11.6 Å². The number of likely N-dealkylation sites (tertiary alicyclic amines) is 1. The van der Waals surface area contributed by atoms with E-state index in [4.69, 9.17) is 30.8 Å². The summed E-state index contributed by atoms with van der Waals surface area (Å²) in [5.41, 5.74) is 9.22. The van der Waals surface area contributed by atoms with Gasteiger partial charge in [0.1, 0.15) is 0 Å². The van der Waals surface area contributed by atoms with E-state index in [1.807, 2.05) is 25.3 Å². The molecule has 2 aromatic carbocycles. The minimum absolute atomic E-state index is 0.135. The molecule has 1 fully saturated rings. The Labute approximate surface area is 313 Å². The summed E-state index contributed by atoms with van der Waals surface area (Å²) in [5, 5.41) is 14.9. The number of nitrogens with one attached hydrogen (secondary N) is 1. The molecule has 13 heteroatoms. The van der Waals surface area contributed by atoms with Crippen molar-refractivity contribution >= 4 is 40.9 Å². The molecule has 12 nitrogen and oxygen atoms in total. The van der Waals surface area contributed by atoms with Gasteiger partial charge in [0.15, 0.2) is 0 Å². The van der Waals surface area contributed by atoms with Crippen LogP contribution < -0.4 is 5.32 Å². The second kappa shape index (κ2) is 17.4. The van der Waals surface area contributed by atoms with Gasteiger partial charge >= 0.3 is 18.0 Å². The number of allylic oxidation sites excluding steroid dienone is 2. The fourth-order valence-electron chi connectivity index (χ4n) is 7.06. The number of hydrogen-bond donors (Lipinski definition) is 1. The van der Waals surface area contributed by atoms with Gasteiger partial charge in [0.2, 0.25) is 0 Å². The van der Waals surface area contributed by atoms with Gasteiger partial charge in [-0.05, 0) is 93.8 Å².